The molecular formula is C34H43F3N4O8. The monoisotopic (exact) mass is 692 g/mol. The maximum absolute atomic E-state index is 14.1. The first kappa shape index (κ1) is 36.0. The van der Waals surface area contributed by atoms with Crippen molar-refractivity contribution in [1.82, 2.24) is 20.4 Å². The van der Waals surface area contributed by atoms with Gasteiger partial charge < -0.3 is 35.0 Å². The minimum atomic E-state index is -4.61. The predicted octanol–water partition coefficient (Wildman–Crippen LogP) is 4.54. The van der Waals surface area contributed by atoms with Crippen LogP contribution in [-0.4, -0.2) is 87.3 Å². The van der Waals surface area contributed by atoms with Gasteiger partial charge in [0.2, 0.25) is 11.8 Å². The second-order valence-corrected chi connectivity index (χ2v) is 14.2. The minimum Gasteiger partial charge on any atom is -0.479 e. The van der Waals surface area contributed by atoms with Crippen LogP contribution in [0.5, 0.6) is 0 Å². The molecule has 1 saturated carbocycles. The summed E-state index contributed by atoms with van der Waals surface area (Å²) < 4.78 is 52.3. The Morgan fingerprint density at radius 2 is 1.86 bits per heavy atom. The van der Waals surface area contributed by atoms with E-state index in [1.807, 2.05) is 6.08 Å². The lowest BCUT2D eigenvalue weighted by Crippen LogP contribution is -2.56. The molecule has 0 radical (unpaired) electrons. The summed E-state index contributed by atoms with van der Waals surface area (Å²) in [5.41, 5.74) is -2.77. The molecule has 3 heterocycles. The van der Waals surface area contributed by atoms with E-state index in [2.05, 4.69) is 10.6 Å². The SMILES string of the molecule is CC(C)(C)OC(=O)N[C@H]1CCCCC/C=C/[C@@H]2C[C@@]2(C(=O)O)NC(=O)[C@@H]2C[C@@H](OC(=O)N3CCc4cccc(C(F)(F)F)c4C3)CN2C1=O. The van der Waals surface area contributed by atoms with Gasteiger partial charge in [-0.2, -0.15) is 13.2 Å². The van der Waals surface area contributed by atoms with Crippen molar-refractivity contribution in [1.29, 1.82) is 0 Å². The van der Waals surface area contributed by atoms with Gasteiger partial charge in [0.05, 0.1) is 12.1 Å². The van der Waals surface area contributed by atoms with Crippen molar-refractivity contribution in [2.24, 2.45) is 5.92 Å². The lowest BCUT2D eigenvalue weighted by atomic mass is 9.95. The number of fused-ring (bicyclic) bond motifs is 3. The first-order chi connectivity index (χ1) is 23.0. The Morgan fingerprint density at radius 1 is 1.10 bits per heavy atom. The molecule has 15 heteroatoms. The average molecular weight is 693 g/mol. The molecule has 4 aliphatic rings. The van der Waals surface area contributed by atoms with Crippen LogP contribution in [0.4, 0.5) is 22.8 Å². The van der Waals surface area contributed by atoms with Crippen LogP contribution in [0.1, 0.15) is 82.4 Å². The van der Waals surface area contributed by atoms with Crippen LogP contribution in [0.2, 0.25) is 0 Å². The molecule has 0 spiro atoms. The molecule has 5 atom stereocenters. The van der Waals surface area contributed by atoms with Crippen LogP contribution in [0.3, 0.4) is 0 Å². The molecule has 12 nitrogen and oxygen atoms in total. The zero-order valence-electron chi connectivity index (χ0n) is 27.8. The fraction of sp³-hybridized carbons (Fsp3) is 0.618. The van der Waals surface area contributed by atoms with E-state index in [9.17, 15) is 42.3 Å². The lowest BCUT2D eigenvalue weighted by Gasteiger charge is -2.31. The number of halogens is 3. The molecule has 0 bridgehead atoms. The molecule has 3 N–H and O–H groups in total. The summed E-state index contributed by atoms with van der Waals surface area (Å²) in [5.74, 6) is -3.04. The summed E-state index contributed by atoms with van der Waals surface area (Å²) in [6, 6.07) is 1.54. The quantitative estimate of drug-likeness (QED) is 0.390. The Kier molecular flexibility index (Phi) is 10.2. The smallest absolute Gasteiger partial charge is 0.416 e. The molecular weight excluding hydrogens is 649 g/mol. The van der Waals surface area contributed by atoms with Crippen molar-refractivity contribution in [3.8, 4) is 0 Å². The van der Waals surface area contributed by atoms with Crippen LogP contribution < -0.4 is 10.6 Å². The third kappa shape index (κ3) is 8.30. The number of carbonyl (C=O) groups is 5. The molecule has 1 aliphatic carbocycles. The third-order valence-electron chi connectivity index (χ3n) is 9.42. The van der Waals surface area contributed by atoms with Gasteiger partial charge in [0.15, 0.2) is 0 Å². The molecule has 268 valence electrons. The fourth-order valence-corrected chi connectivity index (χ4v) is 6.82. The number of carboxylic acid groups (broad SMARTS) is 1. The number of allylic oxidation sites excluding steroid dienone is 1. The minimum absolute atomic E-state index is 0.0186. The van der Waals surface area contributed by atoms with Gasteiger partial charge in [-0.05, 0) is 70.1 Å². The highest BCUT2D eigenvalue weighted by Crippen LogP contribution is 2.45. The van der Waals surface area contributed by atoms with Gasteiger partial charge in [-0.3, -0.25) is 9.59 Å². The van der Waals surface area contributed by atoms with Gasteiger partial charge in [-0.25, -0.2) is 14.4 Å². The van der Waals surface area contributed by atoms with E-state index >= 15 is 0 Å². The summed E-state index contributed by atoms with van der Waals surface area (Å²) >= 11 is 0. The number of amides is 4. The summed E-state index contributed by atoms with van der Waals surface area (Å²) in [6.07, 6.45) is -0.603. The topological polar surface area (TPSA) is 155 Å². The number of carbonyl (C=O) groups excluding carboxylic acids is 4. The maximum Gasteiger partial charge on any atom is 0.416 e. The number of ether oxygens (including phenoxy) is 2. The van der Waals surface area contributed by atoms with Gasteiger partial charge >= 0.3 is 24.3 Å². The number of nitrogens with zero attached hydrogens (tertiary/aromatic N) is 2. The van der Waals surface area contributed by atoms with Crippen LogP contribution in [0, 0.1) is 5.92 Å². The first-order valence-electron chi connectivity index (χ1n) is 16.6. The highest BCUT2D eigenvalue weighted by molar-refractivity contribution is 5.96. The van der Waals surface area contributed by atoms with Crippen LogP contribution >= 0.6 is 0 Å². The molecule has 49 heavy (non-hydrogen) atoms. The fourth-order valence-electron chi connectivity index (χ4n) is 6.82. The number of carboxylic acids is 1. The van der Waals surface area contributed by atoms with E-state index < -0.39 is 77.0 Å². The van der Waals surface area contributed by atoms with Crippen molar-refractivity contribution in [3.05, 3.63) is 47.0 Å². The standard InChI is InChI=1S/C34H43F3N4O8/c1-32(2,3)49-30(46)38-25-13-8-6-4-5-7-11-21-17-33(21,29(44)45)39-27(42)26-16-22(18-41(26)28(25)43)48-31(47)40-15-14-20-10-9-12-24(23(20)19-40)34(35,36)37/h7,9-12,21-22,25-26H,4-6,8,13-19H2,1-3H3,(H,38,46)(H,39,42)(H,44,45)/b11-7+/t21-,22-,25+,26+,33-/m1/s1. The highest BCUT2D eigenvalue weighted by atomic mass is 19.4. The van der Waals surface area contributed by atoms with Crippen molar-refractivity contribution < 1.29 is 51.7 Å². The molecule has 0 unspecified atom stereocenters. The number of hydrogen-bond donors (Lipinski definition) is 3. The summed E-state index contributed by atoms with van der Waals surface area (Å²) in [7, 11) is 0. The van der Waals surface area contributed by atoms with E-state index in [0.29, 0.717) is 24.8 Å². The largest absolute Gasteiger partial charge is 0.479 e. The molecule has 3 aliphatic heterocycles. The Bertz CT molecular complexity index is 1510. The third-order valence-corrected chi connectivity index (χ3v) is 9.42. The molecule has 1 aromatic rings. The summed E-state index contributed by atoms with van der Waals surface area (Å²) in [4.78, 5) is 68.7. The normalized spacial score (nSPS) is 28.4. The highest BCUT2D eigenvalue weighted by Gasteiger charge is 2.61. The number of benzene rings is 1. The van der Waals surface area contributed by atoms with Gasteiger partial charge in [-0.1, -0.05) is 37.1 Å². The van der Waals surface area contributed by atoms with E-state index in [1.165, 1.54) is 11.0 Å². The zero-order chi connectivity index (χ0) is 35.7. The lowest BCUT2D eigenvalue weighted by molar-refractivity contribution is -0.145. The van der Waals surface area contributed by atoms with E-state index in [4.69, 9.17) is 9.47 Å². The number of alkyl carbamates (subject to hydrolysis) is 1. The van der Waals surface area contributed by atoms with Crippen LogP contribution in [0.15, 0.2) is 30.4 Å². The number of nitrogens with one attached hydrogen (secondary N) is 2. The summed E-state index contributed by atoms with van der Waals surface area (Å²) in [6.45, 7) is 4.54. The Morgan fingerprint density at radius 3 is 2.55 bits per heavy atom. The van der Waals surface area contributed by atoms with Crippen molar-refractivity contribution in [2.45, 2.75) is 114 Å². The van der Waals surface area contributed by atoms with Crippen molar-refractivity contribution in [3.63, 3.8) is 0 Å². The Balaban J connectivity index is 1.38. The number of alkyl halides is 3. The molecule has 5 rings (SSSR count). The van der Waals surface area contributed by atoms with Crippen molar-refractivity contribution in [2.75, 3.05) is 13.1 Å². The molecule has 1 saturated heterocycles. The van der Waals surface area contributed by atoms with Crippen LogP contribution in [-0.2, 0) is 43.0 Å². The summed E-state index contributed by atoms with van der Waals surface area (Å²) in [5, 5.41) is 15.3. The van der Waals surface area contributed by atoms with Gasteiger partial charge in [0.25, 0.3) is 0 Å². The average Bonchev–Trinajstić information content (AvgIpc) is 3.55. The Labute approximate surface area is 282 Å². The zero-order valence-corrected chi connectivity index (χ0v) is 27.8. The van der Waals surface area contributed by atoms with Gasteiger partial charge in [0.1, 0.15) is 29.3 Å². The second-order valence-electron chi connectivity index (χ2n) is 14.2. The number of hydrogen-bond acceptors (Lipinski definition) is 7. The molecule has 2 fully saturated rings. The van der Waals surface area contributed by atoms with E-state index in [0.717, 1.165) is 17.4 Å². The first-order valence-corrected chi connectivity index (χ1v) is 16.6. The van der Waals surface area contributed by atoms with Gasteiger partial charge in [-0.15, -0.1) is 0 Å². The second kappa shape index (κ2) is 13.9. The number of rotatable bonds is 3. The number of aliphatic carboxylic acids is 1. The van der Waals surface area contributed by atoms with Gasteiger partial charge in [0, 0.05) is 25.4 Å². The van der Waals surface area contributed by atoms with Crippen molar-refractivity contribution >= 4 is 30.0 Å². The maximum atomic E-state index is 14.1. The predicted molar refractivity (Wildman–Crippen MR) is 168 cm³/mol. The molecule has 1 aromatic carbocycles. The Hall–Kier alpha value is -4.30. The van der Waals surface area contributed by atoms with E-state index in [-0.39, 0.29) is 50.9 Å². The van der Waals surface area contributed by atoms with E-state index in [1.54, 1.807) is 32.9 Å². The molecule has 0 aromatic heterocycles. The van der Waals surface area contributed by atoms with Crippen LogP contribution in [0.25, 0.3) is 0 Å². The molecule has 4 amide bonds.